The zero-order valence-electron chi connectivity index (χ0n) is 15.3. The fourth-order valence-corrected chi connectivity index (χ4v) is 3.12. The van der Waals surface area contributed by atoms with E-state index in [1.54, 1.807) is 30.5 Å². The van der Waals surface area contributed by atoms with Crippen molar-refractivity contribution in [2.45, 2.75) is 6.92 Å². The molecule has 0 bridgehead atoms. The number of primary amides is 1. The van der Waals surface area contributed by atoms with Crippen LogP contribution in [0.1, 0.15) is 22.8 Å². The van der Waals surface area contributed by atoms with Crippen molar-refractivity contribution < 1.29 is 33.4 Å². The third-order valence-corrected chi connectivity index (χ3v) is 4.55. The lowest BCUT2D eigenvalue weighted by molar-refractivity contribution is -0.151. The Kier molecular flexibility index (Phi) is 6.29. The molecule has 11 heteroatoms. The van der Waals surface area contributed by atoms with Gasteiger partial charge in [-0.2, -0.15) is 0 Å². The van der Waals surface area contributed by atoms with Crippen molar-refractivity contribution in [3.8, 4) is 11.5 Å². The Balaban J connectivity index is 1.42. The first-order valence-electron chi connectivity index (χ1n) is 8.33. The molecule has 3 N–H and O–H groups in total. The van der Waals surface area contributed by atoms with E-state index in [4.69, 9.17) is 24.8 Å². The fourth-order valence-electron chi connectivity index (χ4n) is 2.31. The number of fused-ring (bicyclic) bond motifs is 1. The van der Waals surface area contributed by atoms with Gasteiger partial charge in [0.05, 0.1) is 11.3 Å². The monoisotopic (exact) mass is 419 g/mol. The molecule has 0 saturated carbocycles. The molecule has 3 rings (SSSR count). The Morgan fingerprint density at radius 1 is 1.21 bits per heavy atom. The lowest BCUT2D eigenvalue weighted by atomic mass is 10.1. The number of ether oxygens (including phenoxy) is 3. The standard InChI is InChI=1S/C18H17N3O7S/c1-10(11-2-3-13-14(6-11)27-9-26-13)21-28-8-16(23)25-7-15(22)20-18-12(17(19)24)4-5-29-18/h2-6H,7-9H2,1H3,(H2,19,24)(H,20,22)/b21-10+. The van der Waals surface area contributed by atoms with Gasteiger partial charge < -0.3 is 30.1 Å². The van der Waals surface area contributed by atoms with Crippen molar-refractivity contribution in [3.05, 3.63) is 40.8 Å². The average molecular weight is 419 g/mol. The lowest BCUT2D eigenvalue weighted by Crippen LogP contribution is -2.23. The average Bonchev–Trinajstić information content (AvgIpc) is 3.34. The van der Waals surface area contributed by atoms with Crippen LogP contribution >= 0.6 is 11.3 Å². The largest absolute Gasteiger partial charge is 0.454 e. The van der Waals surface area contributed by atoms with Crippen LogP contribution in [0.2, 0.25) is 0 Å². The van der Waals surface area contributed by atoms with Gasteiger partial charge in [-0.3, -0.25) is 9.59 Å². The number of anilines is 1. The fraction of sp³-hybridized carbons (Fsp3) is 0.222. The first-order valence-corrected chi connectivity index (χ1v) is 9.21. The van der Waals surface area contributed by atoms with Crippen molar-refractivity contribution in [1.29, 1.82) is 0 Å². The quantitative estimate of drug-likeness (QED) is 0.375. The molecule has 2 aromatic rings. The Morgan fingerprint density at radius 3 is 2.79 bits per heavy atom. The van der Waals surface area contributed by atoms with Crippen LogP contribution in [0.15, 0.2) is 34.8 Å². The number of rotatable bonds is 8. The summed E-state index contributed by atoms with van der Waals surface area (Å²) in [6, 6.07) is 6.77. The van der Waals surface area contributed by atoms with Crippen LogP contribution in [0.5, 0.6) is 11.5 Å². The molecule has 1 aromatic carbocycles. The summed E-state index contributed by atoms with van der Waals surface area (Å²) >= 11 is 1.13. The molecule has 2 amide bonds. The zero-order chi connectivity index (χ0) is 20.8. The number of oxime groups is 1. The number of benzene rings is 1. The minimum absolute atomic E-state index is 0.168. The molecule has 0 saturated heterocycles. The molecule has 0 atom stereocenters. The van der Waals surface area contributed by atoms with Gasteiger partial charge in [0.2, 0.25) is 13.4 Å². The Bertz CT molecular complexity index is 970. The Labute approximate surface area is 169 Å². The lowest BCUT2D eigenvalue weighted by Gasteiger charge is -2.06. The highest BCUT2D eigenvalue weighted by Crippen LogP contribution is 2.32. The molecule has 29 heavy (non-hydrogen) atoms. The van der Waals surface area contributed by atoms with Crippen LogP contribution in [0.25, 0.3) is 0 Å². The van der Waals surface area contributed by atoms with Gasteiger partial charge in [-0.05, 0) is 36.6 Å². The molecule has 0 fully saturated rings. The molecule has 0 aliphatic carbocycles. The summed E-state index contributed by atoms with van der Waals surface area (Å²) in [7, 11) is 0. The second-order valence-corrected chi connectivity index (χ2v) is 6.67. The number of hydrogen-bond donors (Lipinski definition) is 2. The molecule has 152 valence electrons. The predicted molar refractivity (Wildman–Crippen MR) is 103 cm³/mol. The maximum Gasteiger partial charge on any atom is 0.347 e. The molecule has 0 radical (unpaired) electrons. The van der Waals surface area contributed by atoms with E-state index in [-0.39, 0.29) is 12.4 Å². The molecule has 2 heterocycles. The number of amides is 2. The summed E-state index contributed by atoms with van der Waals surface area (Å²) in [6.45, 7) is 0.860. The number of esters is 1. The van der Waals surface area contributed by atoms with Gasteiger partial charge in [0, 0.05) is 5.56 Å². The number of nitrogens with one attached hydrogen (secondary N) is 1. The normalized spacial score (nSPS) is 12.4. The first-order chi connectivity index (χ1) is 13.9. The van der Waals surface area contributed by atoms with E-state index in [1.807, 2.05) is 0 Å². The Hall–Kier alpha value is -3.60. The Morgan fingerprint density at radius 2 is 2.00 bits per heavy atom. The van der Waals surface area contributed by atoms with Gasteiger partial charge in [-0.1, -0.05) is 5.16 Å². The summed E-state index contributed by atoms with van der Waals surface area (Å²) in [6.07, 6.45) is 0. The maximum absolute atomic E-state index is 11.8. The summed E-state index contributed by atoms with van der Waals surface area (Å²) in [5.41, 5.74) is 6.64. The van der Waals surface area contributed by atoms with Gasteiger partial charge >= 0.3 is 5.97 Å². The molecule has 1 aliphatic heterocycles. The minimum atomic E-state index is -0.774. The molecular weight excluding hydrogens is 402 g/mol. The molecule has 1 aliphatic rings. The summed E-state index contributed by atoms with van der Waals surface area (Å²) in [5.74, 6) is -0.794. The van der Waals surface area contributed by atoms with Crippen LogP contribution < -0.4 is 20.5 Å². The van der Waals surface area contributed by atoms with Crippen molar-refractivity contribution in [2.75, 3.05) is 25.3 Å². The molecule has 0 spiro atoms. The highest BCUT2D eigenvalue weighted by molar-refractivity contribution is 7.14. The third kappa shape index (κ3) is 5.23. The van der Waals surface area contributed by atoms with E-state index in [1.165, 1.54) is 6.07 Å². The van der Waals surface area contributed by atoms with Gasteiger partial charge in [-0.15, -0.1) is 11.3 Å². The summed E-state index contributed by atoms with van der Waals surface area (Å²) < 4.78 is 15.3. The van der Waals surface area contributed by atoms with E-state index in [0.29, 0.717) is 22.2 Å². The number of carbonyl (C=O) groups excluding carboxylic acids is 3. The third-order valence-electron chi connectivity index (χ3n) is 3.72. The number of nitrogens with zero attached hydrogens (tertiary/aromatic N) is 1. The SMILES string of the molecule is C/C(=N\OCC(=O)OCC(=O)Nc1sccc1C(N)=O)c1ccc2c(c1)OCO2. The van der Waals surface area contributed by atoms with E-state index < -0.39 is 31.0 Å². The van der Waals surface area contributed by atoms with Crippen molar-refractivity contribution in [1.82, 2.24) is 0 Å². The summed E-state index contributed by atoms with van der Waals surface area (Å²) in [5, 5.41) is 8.20. The van der Waals surface area contributed by atoms with Gasteiger partial charge in [0.15, 0.2) is 18.1 Å². The predicted octanol–water partition coefficient (Wildman–Crippen LogP) is 1.50. The van der Waals surface area contributed by atoms with Crippen LogP contribution in [0, 0.1) is 0 Å². The zero-order valence-corrected chi connectivity index (χ0v) is 16.1. The van der Waals surface area contributed by atoms with Crippen LogP contribution in [0.4, 0.5) is 5.00 Å². The molecule has 10 nitrogen and oxygen atoms in total. The first kappa shape index (κ1) is 20.1. The van der Waals surface area contributed by atoms with Gasteiger partial charge in [0.1, 0.15) is 5.00 Å². The summed E-state index contributed by atoms with van der Waals surface area (Å²) in [4.78, 5) is 39.7. The second kappa shape index (κ2) is 9.06. The van der Waals surface area contributed by atoms with Gasteiger partial charge in [-0.25, -0.2) is 4.79 Å². The van der Waals surface area contributed by atoms with Gasteiger partial charge in [0.25, 0.3) is 11.8 Å². The number of carbonyl (C=O) groups is 3. The van der Waals surface area contributed by atoms with Crippen LogP contribution in [-0.2, 0) is 19.2 Å². The van der Waals surface area contributed by atoms with Crippen molar-refractivity contribution >= 4 is 39.8 Å². The van der Waals surface area contributed by atoms with E-state index in [2.05, 4.69) is 10.5 Å². The smallest absolute Gasteiger partial charge is 0.347 e. The van der Waals surface area contributed by atoms with E-state index >= 15 is 0 Å². The van der Waals surface area contributed by atoms with E-state index in [9.17, 15) is 14.4 Å². The van der Waals surface area contributed by atoms with Crippen molar-refractivity contribution in [2.24, 2.45) is 10.9 Å². The van der Waals surface area contributed by atoms with Crippen LogP contribution in [0.3, 0.4) is 0 Å². The van der Waals surface area contributed by atoms with Crippen molar-refractivity contribution in [3.63, 3.8) is 0 Å². The highest BCUT2D eigenvalue weighted by atomic mass is 32.1. The highest BCUT2D eigenvalue weighted by Gasteiger charge is 2.15. The number of hydrogen-bond acceptors (Lipinski definition) is 9. The minimum Gasteiger partial charge on any atom is -0.454 e. The molecule has 1 aromatic heterocycles. The second-order valence-electron chi connectivity index (χ2n) is 5.75. The molecule has 0 unspecified atom stereocenters. The maximum atomic E-state index is 11.8. The topological polar surface area (TPSA) is 139 Å². The number of nitrogens with two attached hydrogens (primary N) is 1. The molecular formula is C18H17N3O7S. The number of thiophene rings is 1. The van der Waals surface area contributed by atoms with E-state index in [0.717, 1.165) is 16.9 Å². The van der Waals surface area contributed by atoms with Crippen LogP contribution in [-0.4, -0.2) is 43.5 Å².